The molecule has 0 fully saturated rings. The number of benzene rings is 1. The maximum Gasteiger partial charge on any atom is 0.228 e. The first-order valence-electron chi connectivity index (χ1n) is 7.23. The van der Waals surface area contributed by atoms with Gasteiger partial charge in [-0.2, -0.15) is 0 Å². The van der Waals surface area contributed by atoms with E-state index in [9.17, 15) is 9.36 Å². The molecule has 4 nitrogen and oxygen atoms in total. The summed E-state index contributed by atoms with van der Waals surface area (Å²) in [6.45, 7) is 5.91. The van der Waals surface area contributed by atoms with E-state index in [0.29, 0.717) is 35.8 Å². The fourth-order valence-corrected chi connectivity index (χ4v) is 5.57. The standard InChI is InChI=1S/C16H25O4P/c1-6-10-21(18,11-12(2)3)16(17)15-13(19-4)8-7-9-14(15)20-5/h7-9,12H,6,10-11H2,1-5H3. The van der Waals surface area contributed by atoms with E-state index in [-0.39, 0.29) is 11.4 Å². The molecule has 0 aliphatic rings. The Labute approximate surface area is 127 Å². The fraction of sp³-hybridized carbons (Fsp3) is 0.562. The molecule has 0 amide bonds. The van der Waals surface area contributed by atoms with Crippen molar-refractivity contribution in [1.82, 2.24) is 0 Å². The van der Waals surface area contributed by atoms with Gasteiger partial charge < -0.3 is 14.0 Å². The summed E-state index contributed by atoms with van der Waals surface area (Å²) < 4.78 is 23.7. The molecule has 1 unspecified atom stereocenters. The third-order valence-corrected chi connectivity index (χ3v) is 6.71. The largest absolute Gasteiger partial charge is 0.496 e. The van der Waals surface area contributed by atoms with Gasteiger partial charge >= 0.3 is 0 Å². The van der Waals surface area contributed by atoms with Crippen LogP contribution in [0.15, 0.2) is 18.2 Å². The van der Waals surface area contributed by atoms with E-state index in [1.165, 1.54) is 14.2 Å². The minimum Gasteiger partial charge on any atom is -0.496 e. The number of ether oxygens (including phenoxy) is 2. The van der Waals surface area contributed by atoms with E-state index in [1.807, 2.05) is 20.8 Å². The Hall–Kier alpha value is -1.28. The summed E-state index contributed by atoms with van der Waals surface area (Å²) in [4.78, 5) is 12.9. The maximum atomic E-state index is 13.2. The Morgan fingerprint density at radius 1 is 1.19 bits per heavy atom. The van der Waals surface area contributed by atoms with E-state index in [4.69, 9.17) is 9.47 Å². The molecule has 0 aliphatic carbocycles. The highest BCUT2D eigenvalue weighted by Gasteiger charge is 2.35. The Morgan fingerprint density at radius 3 is 2.10 bits per heavy atom. The quantitative estimate of drug-likeness (QED) is 0.673. The molecule has 21 heavy (non-hydrogen) atoms. The number of carbonyl (C=O) groups excluding carboxylic acids is 1. The van der Waals surface area contributed by atoms with E-state index in [0.717, 1.165) is 0 Å². The third-order valence-electron chi connectivity index (χ3n) is 3.26. The molecule has 0 spiro atoms. The van der Waals surface area contributed by atoms with Crippen molar-refractivity contribution in [2.24, 2.45) is 5.92 Å². The van der Waals surface area contributed by atoms with Crippen molar-refractivity contribution >= 4 is 12.7 Å². The lowest BCUT2D eigenvalue weighted by Gasteiger charge is -2.21. The zero-order valence-electron chi connectivity index (χ0n) is 13.5. The van der Waals surface area contributed by atoms with Crippen molar-refractivity contribution in [1.29, 1.82) is 0 Å². The Morgan fingerprint density at radius 2 is 1.71 bits per heavy atom. The third kappa shape index (κ3) is 4.10. The maximum absolute atomic E-state index is 13.2. The number of carbonyl (C=O) groups is 1. The van der Waals surface area contributed by atoms with Crippen LogP contribution in [0.4, 0.5) is 0 Å². The topological polar surface area (TPSA) is 52.6 Å². The van der Waals surface area contributed by atoms with Crippen molar-refractivity contribution in [2.75, 3.05) is 26.5 Å². The summed E-state index contributed by atoms with van der Waals surface area (Å²) >= 11 is 0. The highest BCUT2D eigenvalue weighted by atomic mass is 31.2. The summed E-state index contributed by atoms with van der Waals surface area (Å²) in [5, 5.41) is 0. The van der Waals surface area contributed by atoms with Crippen LogP contribution in [0.25, 0.3) is 0 Å². The van der Waals surface area contributed by atoms with Crippen LogP contribution in [0.2, 0.25) is 0 Å². The zero-order valence-corrected chi connectivity index (χ0v) is 14.4. The lowest BCUT2D eigenvalue weighted by atomic mass is 10.2. The van der Waals surface area contributed by atoms with Crippen molar-refractivity contribution < 1.29 is 18.8 Å². The fourth-order valence-electron chi connectivity index (χ4n) is 2.49. The van der Waals surface area contributed by atoms with Gasteiger partial charge in [0.1, 0.15) is 17.1 Å². The van der Waals surface area contributed by atoms with Crippen LogP contribution < -0.4 is 9.47 Å². The van der Waals surface area contributed by atoms with Crippen molar-refractivity contribution in [3.63, 3.8) is 0 Å². The average molecular weight is 312 g/mol. The molecule has 1 aromatic rings. The van der Waals surface area contributed by atoms with Crippen LogP contribution in [0, 0.1) is 5.92 Å². The predicted octanol–water partition coefficient (Wildman–Crippen LogP) is 4.27. The van der Waals surface area contributed by atoms with E-state index in [2.05, 4.69) is 0 Å². The lowest BCUT2D eigenvalue weighted by Crippen LogP contribution is -2.13. The van der Waals surface area contributed by atoms with Crippen LogP contribution in [0.3, 0.4) is 0 Å². The summed E-state index contributed by atoms with van der Waals surface area (Å²) in [7, 11) is 0.0300. The molecule has 1 atom stereocenters. The van der Waals surface area contributed by atoms with Crippen LogP contribution in [-0.2, 0) is 4.57 Å². The first-order chi connectivity index (χ1) is 9.89. The van der Waals surface area contributed by atoms with Gasteiger partial charge in [-0.1, -0.05) is 26.8 Å². The minimum absolute atomic E-state index is 0.201. The number of methoxy groups -OCH3 is 2. The van der Waals surface area contributed by atoms with Gasteiger partial charge in [-0.3, -0.25) is 4.79 Å². The molecule has 0 saturated heterocycles. The van der Waals surface area contributed by atoms with E-state index < -0.39 is 7.14 Å². The molecular formula is C16H25O4P. The van der Waals surface area contributed by atoms with Gasteiger partial charge in [0, 0.05) is 12.3 Å². The summed E-state index contributed by atoms with van der Waals surface area (Å²) in [6, 6.07) is 5.14. The summed E-state index contributed by atoms with van der Waals surface area (Å²) in [5.74, 6) is 1.03. The van der Waals surface area contributed by atoms with Gasteiger partial charge in [0.15, 0.2) is 7.14 Å². The second-order valence-corrected chi connectivity index (χ2v) is 8.53. The molecule has 0 N–H and O–H groups in total. The predicted molar refractivity (Wildman–Crippen MR) is 86.3 cm³/mol. The highest BCUT2D eigenvalue weighted by molar-refractivity contribution is 7.81. The monoisotopic (exact) mass is 312 g/mol. The molecule has 0 bridgehead atoms. The second kappa shape index (κ2) is 7.65. The van der Waals surface area contributed by atoms with Gasteiger partial charge in [0.05, 0.1) is 14.2 Å². The first kappa shape index (κ1) is 17.8. The summed E-state index contributed by atoms with van der Waals surface area (Å²) in [6.07, 6.45) is 1.55. The molecule has 0 radical (unpaired) electrons. The molecular weight excluding hydrogens is 287 g/mol. The van der Waals surface area contributed by atoms with Crippen LogP contribution in [0.1, 0.15) is 37.6 Å². The molecule has 0 heterocycles. The lowest BCUT2D eigenvalue weighted by molar-refractivity contribution is 0.106. The van der Waals surface area contributed by atoms with Gasteiger partial charge in [0.25, 0.3) is 0 Å². The first-order valence-corrected chi connectivity index (χ1v) is 9.31. The average Bonchev–Trinajstić information content (AvgIpc) is 2.44. The Bertz CT molecular complexity index is 515. The number of hydrogen-bond acceptors (Lipinski definition) is 4. The van der Waals surface area contributed by atoms with Gasteiger partial charge in [-0.05, 0) is 24.5 Å². The summed E-state index contributed by atoms with van der Waals surface area (Å²) in [5.41, 5.74) is -0.0210. The minimum atomic E-state index is -2.97. The normalized spacial score (nSPS) is 13.8. The number of rotatable bonds is 8. The highest BCUT2D eigenvalue weighted by Crippen LogP contribution is 2.53. The zero-order chi connectivity index (χ0) is 16.0. The van der Waals surface area contributed by atoms with Gasteiger partial charge in [-0.15, -0.1) is 0 Å². The van der Waals surface area contributed by atoms with Gasteiger partial charge in [-0.25, -0.2) is 0 Å². The Kier molecular flexibility index (Phi) is 6.47. The van der Waals surface area contributed by atoms with Crippen LogP contribution >= 0.6 is 7.14 Å². The molecule has 5 heteroatoms. The van der Waals surface area contributed by atoms with E-state index in [1.54, 1.807) is 18.2 Å². The van der Waals surface area contributed by atoms with Crippen molar-refractivity contribution in [2.45, 2.75) is 27.2 Å². The molecule has 0 aliphatic heterocycles. The number of hydrogen-bond donors (Lipinski definition) is 0. The molecule has 0 saturated carbocycles. The molecule has 1 rings (SSSR count). The van der Waals surface area contributed by atoms with Crippen LogP contribution in [-0.4, -0.2) is 32.1 Å². The second-order valence-electron chi connectivity index (χ2n) is 5.53. The van der Waals surface area contributed by atoms with Crippen LogP contribution in [0.5, 0.6) is 11.5 Å². The SMILES string of the molecule is CCCP(=O)(CC(C)C)C(=O)c1c(OC)cccc1OC. The molecule has 0 aromatic heterocycles. The smallest absolute Gasteiger partial charge is 0.228 e. The van der Waals surface area contributed by atoms with E-state index >= 15 is 0 Å². The molecule has 118 valence electrons. The van der Waals surface area contributed by atoms with Crippen molar-refractivity contribution in [3.05, 3.63) is 23.8 Å². The molecule has 1 aromatic carbocycles. The van der Waals surface area contributed by atoms with Gasteiger partial charge in [0.2, 0.25) is 5.52 Å². The Balaban J connectivity index is 3.36. The van der Waals surface area contributed by atoms with Crippen molar-refractivity contribution in [3.8, 4) is 11.5 Å².